The minimum atomic E-state index is -0.633. The highest BCUT2D eigenvalue weighted by Crippen LogP contribution is 2.34. The van der Waals surface area contributed by atoms with Gasteiger partial charge < -0.3 is 9.47 Å². The third-order valence-electron chi connectivity index (χ3n) is 2.04. The molecule has 3 nitrogen and oxygen atoms in total. The van der Waals surface area contributed by atoms with E-state index in [2.05, 4.69) is 0 Å². The van der Waals surface area contributed by atoms with Crippen LogP contribution in [0.1, 0.15) is 22.2 Å². The van der Waals surface area contributed by atoms with Gasteiger partial charge in [0, 0.05) is 10.9 Å². The van der Waals surface area contributed by atoms with Gasteiger partial charge in [-0.3, -0.25) is 4.79 Å². The quantitative estimate of drug-likeness (QED) is 0.679. The number of carbonyl (C=O) groups is 1. The number of thiophene rings is 1. The molecule has 0 radical (unpaired) electrons. The number of hydrogen-bond acceptors (Lipinski definition) is 4. The summed E-state index contributed by atoms with van der Waals surface area (Å²) in [5.74, 6) is -0.633. The maximum Gasteiger partial charge on any atom is 0.201 e. The fourth-order valence-electron chi connectivity index (χ4n) is 1.31. The molecule has 4 heteroatoms. The predicted molar refractivity (Wildman–Crippen MR) is 49.0 cm³/mol. The van der Waals surface area contributed by atoms with Gasteiger partial charge in [0.1, 0.15) is 0 Å². The summed E-state index contributed by atoms with van der Waals surface area (Å²) < 4.78 is 10.9. The molecule has 1 aromatic rings. The van der Waals surface area contributed by atoms with Crippen LogP contribution in [0.25, 0.3) is 0 Å². The van der Waals surface area contributed by atoms with Crippen molar-refractivity contribution in [2.75, 3.05) is 13.2 Å². The largest absolute Gasteiger partial charge is 0.343 e. The van der Waals surface area contributed by atoms with Gasteiger partial charge in [-0.15, -0.1) is 11.3 Å². The molecule has 1 fully saturated rings. The van der Waals surface area contributed by atoms with Crippen LogP contribution in [0.4, 0.5) is 0 Å². The third-order valence-corrected chi connectivity index (χ3v) is 3.17. The maximum atomic E-state index is 10.5. The van der Waals surface area contributed by atoms with E-state index in [0.717, 1.165) is 11.2 Å². The molecular formula is C9H10O3S. The van der Waals surface area contributed by atoms with Gasteiger partial charge in [-0.05, 0) is 13.0 Å². The summed E-state index contributed by atoms with van der Waals surface area (Å²) in [6.07, 6.45) is 0.832. The first-order chi connectivity index (χ1) is 6.24. The molecule has 2 rings (SSSR count). The summed E-state index contributed by atoms with van der Waals surface area (Å²) >= 11 is 1.49. The average Bonchev–Trinajstić information content (AvgIpc) is 2.72. The standard InChI is InChI=1S/C9H10O3S/c1-9(11-2-3-12-9)8-4-7(5-10)6-13-8/h4-6H,2-3H2,1H3. The van der Waals surface area contributed by atoms with Gasteiger partial charge in [0.2, 0.25) is 5.79 Å². The number of aldehydes is 1. The van der Waals surface area contributed by atoms with Gasteiger partial charge >= 0.3 is 0 Å². The lowest BCUT2D eigenvalue weighted by molar-refractivity contribution is -0.146. The van der Waals surface area contributed by atoms with Crippen molar-refractivity contribution in [2.45, 2.75) is 12.7 Å². The molecule has 0 amide bonds. The lowest BCUT2D eigenvalue weighted by Gasteiger charge is -2.19. The average molecular weight is 198 g/mol. The van der Waals surface area contributed by atoms with E-state index in [1.54, 1.807) is 5.38 Å². The Kier molecular flexibility index (Phi) is 2.19. The first-order valence-corrected chi connectivity index (χ1v) is 4.95. The van der Waals surface area contributed by atoms with Crippen LogP contribution in [0.3, 0.4) is 0 Å². The molecule has 0 unspecified atom stereocenters. The third kappa shape index (κ3) is 1.52. The number of carbonyl (C=O) groups excluding carboxylic acids is 1. The zero-order valence-electron chi connectivity index (χ0n) is 7.28. The molecule has 0 saturated carbocycles. The first kappa shape index (κ1) is 8.87. The highest BCUT2D eigenvalue weighted by atomic mass is 32.1. The Morgan fingerprint density at radius 2 is 2.23 bits per heavy atom. The van der Waals surface area contributed by atoms with Crippen LogP contribution in [0, 0.1) is 0 Å². The van der Waals surface area contributed by atoms with Crippen molar-refractivity contribution in [1.29, 1.82) is 0 Å². The van der Waals surface area contributed by atoms with E-state index in [1.165, 1.54) is 11.3 Å². The molecule has 70 valence electrons. The molecule has 0 atom stereocenters. The van der Waals surface area contributed by atoms with Crippen LogP contribution in [-0.2, 0) is 15.3 Å². The van der Waals surface area contributed by atoms with Crippen molar-refractivity contribution < 1.29 is 14.3 Å². The van der Waals surface area contributed by atoms with Crippen LogP contribution in [0.5, 0.6) is 0 Å². The summed E-state index contributed by atoms with van der Waals surface area (Å²) in [4.78, 5) is 11.4. The molecule has 1 aliphatic rings. The van der Waals surface area contributed by atoms with E-state index < -0.39 is 5.79 Å². The van der Waals surface area contributed by atoms with Crippen LogP contribution in [-0.4, -0.2) is 19.5 Å². The van der Waals surface area contributed by atoms with Crippen LogP contribution in [0.2, 0.25) is 0 Å². The minimum Gasteiger partial charge on any atom is -0.343 e. The first-order valence-electron chi connectivity index (χ1n) is 4.07. The van der Waals surface area contributed by atoms with E-state index in [-0.39, 0.29) is 0 Å². The highest BCUT2D eigenvalue weighted by Gasteiger charge is 2.34. The Morgan fingerprint density at radius 3 is 2.77 bits per heavy atom. The lowest BCUT2D eigenvalue weighted by atomic mass is 10.2. The summed E-state index contributed by atoms with van der Waals surface area (Å²) in [5, 5.41) is 1.80. The van der Waals surface area contributed by atoms with Gasteiger partial charge in [0.15, 0.2) is 6.29 Å². The predicted octanol–water partition coefficient (Wildman–Crippen LogP) is 1.78. The van der Waals surface area contributed by atoms with Gasteiger partial charge in [0.05, 0.1) is 18.1 Å². The highest BCUT2D eigenvalue weighted by molar-refractivity contribution is 7.10. The van der Waals surface area contributed by atoms with E-state index in [4.69, 9.17) is 9.47 Å². The minimum absolute atomic E-state index is 0.616. The van der Waals surface area contributed by atoms with E-state index in [9.17, 15) is 4.79 Å². The number of rotatable bonds is 2. The maximum absolute atomic E-state index is 10.5. The summed E-state index contributed by atoms with van der Waals surface area (Å²) in [5.41, 5.74) is 0.681. The second kappa shape index (κ2) is 3.21. The van der Waals surface area contributed by atoms with Crippen molar-refractivity contribution in [3.05, 3.63) is 21.9 Å². The van der Waals surface area contributed by atoms with Crippen LogP contribution < -0.4 is 0 Å². The molecular weight excluding hydrogens is 188 g/mol. The van der Waals surface area contributed by atoms with Crippen LogP contribution >= 0.6 is 11.3 Å². The Bertz CT molecular complexity index is 312. The topological polar surface area (TPSA) is 35.5 Å². The normalized spacial score (nSPS) is 20.4. The Balaban J connectivity index is 2.28. The second-order valence-electron chi connectivity index (χ2n) is 3.00. The number of hydrogen-bond donors (Lipinski definition) is 0. The van der Waals surface area contributed by atoms with E-state index in [1.807, 2.05) is 13.0 Å². The molecule has 0 aliphatic carbocycles. The van der Waals surface area contributed by atoms with E-state index in [0.29, 0.717) is 18.8 Å². The Hall–Kier alpha value is -0.710. The van der Waals surface area contributed by atoms with Crippen LogP contribution in [0.15, 0.2) is 11.4 Å². The monoisotopic (exact) mass is 198 g/mol. The van der Waals surface area contributed by atoms with Crippen molar-refractivity contribution in [3.63, 3.8) is 0 Å². The van der Waals surface area contributed by atoms with E-state index >= 15 is 0 Å². The van der Waals surface area contributed by atoms with Gasteiger partial charge in [-0.25, -0.2) is 0 Å². The SMILES string of the molecule is CC1(c2cc(C=O)cs2)OCCO1. The molecule has 0 N–H and O–H groups in total. The zero-order valence-corrected chi connectivity index (χ0v) is 8.10. The van der Waals surface area contributed by atoms with Crippen molar-refractivity contribution in [3.8, 4) is 0 Å². The van der Waals surface area contributed by atoms with Crippen molar-refractivity contribution in [2.24, 2.45) is 0 Å². The Morgan fingerprint density at radius 1 is 1.54 bits per heavy atom. The fourth-order valence-corrected chi connectivity index (χ4v) is 2.23. The molecule has 2 heterocycles. The molecule has 1 saturated heterocycles. The molecule has 0 bridgehead atoms. The van der Waals surface area contributed by atoms with Crippen molar-refractivity contribution in [1.82, 2.24) is 0 Å². The second-order valence-corrected chi connectivity index (χ2v) is 3.92. The number of ether oxygens (including phenoxy) is 2. The van der Waals surface area contributed by atoms with Gasteiger partial charge in [-0.1, -0.05) is 0 Å². The Labute approximate surface area is 80.3 Å². The summed E-state index contributed by atoms with van der Waals surface area (Å²) in [6, 6.07) is 1.81. The fraction of sp³-hybridized carbons (Fsp3) is 0.444. The summed E-state index contributed by atoms with van der Waals surface area (Å²) in [6.45, 7) is 3.11. The summed E-state index contributed by atoms with van der Waals surface area (Å²) in [7, 11) is 0. The zero-order chi connectivity index (χ0) is 9.31. The van der Waals surface area contributed by atoms with Gasteiger partial charge in [0.25, 0.3) is 0 Å². The smallest absolute Gasteiger partial charge is 0.201 e. The van der Waals surface area contributed by atoms with Crippen molar-refractivity contribution >= 4 is 17.6 Å². The molecule has 1 aliphatic heterocycles. The molecule has 0 spiro atoms. The molecule has 1 aromatic heterocycles. The molecule has 0 aromatic carbocycles. The lowest BCUT2D eigenvalue weighted by Crippen LogP contribution is -2.20. The van der Waals surface area contributed by atoms with Gasteiger partial charge in [-0.2, -0.15) is 0 Å². The molecule has 13 heavy (non-hydrogen) atoms.